The average molecular weight is 239 g/mol. The number of thioether (sulfide) groups is 1. The molecule has 90 valence electrons. The monoisotopic (exact) mass is 239 g/mol. The lowest BCUT2D eigenvalue weighted by Crippen LogP contribution is -2.20. The minimum absolute atomic E-state index is 0.345. The van der Waals surface area contributed by atoms with Gasteiger partial charge in [-0.15, -0.1) is 0 Å². The summed E-state index contributed by atoms with van der Waals surface area (Å²) >= 11 is 1.89. The number of benzene rings is 1. The summed E-state index contributed by atoms with van der Waals surface area (Å²) in [5.74, 6) is 2.18. The van der Waals surface area contributed by atoms with Crippen LogP contribution in [0.3, 0.4) is 0 Å². The van der Waals surface area contributed by atoms with Crippen LogP contribution in [-0.4, -0.2) is 25.7 Å². The van der Waals surface area contributed by atoms with Gasteiger partial charge in [0.2, 0.25) is 0 Å². The van der Waals surface area contributed by atoms with Gasteiger partial charge in [-0.1, -0.05) is 18.2 Å². The molecule has 0 bridgehead atoms. The van der Waals surface area contributed by atoms with Crippen LogP contribution >= 0.6 is 11.8 Å². The molecule has 1 N–H and O–H groups in total. The van der Waals surface area contributed by atoms with E-state index in [1.54, 1.807) is 7.11 Å². The SMILES string of the molecule is COc1ccccc1[C@H](C)NCCCSC. The second-order valence-electron chi connectivity index (χ2n) is 3.76. The maximum Gasteiger partial charge on any atom is 0.123 e. The fourth-order valence-electron chi connectivity index (χ4n) is 1.67. The highest BCUT2D eigenvalue weighted by Gasteiger charge is 2.09. The van der Waals surface area contributed by atoms with Crippen molar-refractivity contribution in [3.05, 3.63) is 29.8 Å². The Balaban J connectivity index is 2.48. The van der Waals surface area contributed by atoms with Crippen LogP contribution in [0.4, 0.5) is 0 Å². The summed E-state index contributed by atoms with van der Waals surface area (Å²) in [5.41, 5.74) is 1.23. The molecule has 0 aliphatic carbocycles. The van der Waals surface area contributed by atoms with Crippen molar-refractivity contribution in [1.82, 2.24) is 5.32 Å². The van der Waals surface area contributed by atoms with Gasteiger partial charge in [-0.3, -0.25) is 0 Å². The van der Waals surface area contributed by atoms with E-state index in [0.717, 1.165) is 12.3 Å². The zero-order valence-corrected chi connectivity index (χ0v) is 11.1. The van der Waals surface area contributed by atoms with Gasteiger partial charge in [0, 0.05) is 11.6 Å². The summed E-state index contributed by atoms with van der Waals surface area (Å²) in [6, 6.07) is 8.53. The molecule has 0 aliphatic rings. The largest absolute Gasteiger partial charge is 0.496 e. The standard InChI is InChI=1S/C13H21NOS/c1-11(14-9-6-10-16-3)12-7-4-5-8-13(12)15-2/h4-5,7-8,11,14H,6,9-10H2,1-3H3/t11-/m0/s1. The highest BCUT2D eigenvalue weighted by molar-refractivity contribution is 7.98. The van der Waals surface area contributed by atoms with Crippen LogP contribution in [0.15, 0.2) is 24.3 Å². The Labute approximate surface area is 103 Å². The number of ether oxygens (including phenoxy) is 1. The molecule has 0 saturated heterocycles. The van der Waals surface area contributed by atoms with Crippen LogP contribution in [0.5, 0.6) is 5.75 Å². The molecule has 1 atom stereocenters. The van der Waals surface area contributed by atoms with Gasteiger partial charge < -0.3 is 10.1 Å². The highest BCUT2D eigenvalue weighted by Crippen LogP contribution is 2.24. The molecule has 2 nitrogen and oxygen atoms in total. The summed E-state index contributed by atoms with van der Waals surface area (Å²) in [4.78, 5) is 0. The predicted molar refractivity (Wildman–Crippen MR) is 72.4 cm³/mol. The van der Waals surface area contributed by atoms with Crippen LogP contribution < -0.4 is 10.1 Å². The molecular weight excluding hydrogens is 218 g/mol. The lowest BCUT2D eigenvalue weighted by molar-refractivity contribution is 0.402. The smallest absolute Gasteiger partial charge is 0.123 e. The second-order valence-corrected chi connectivity index (χ2v) is 4.75. The van der Waals surface area contributed by atoms with Crippen LogP contribution in [-0.2, 0) is 0 Å². The topological polar surface area (TPSA) is 21.3 Å². The first-order valence-corrected chi connectivity index (χ1v) is 7.04. The predicted octanol–water partition coefficient (Wildman–Crippen LogP) is 3.10. The van der Waals surface area contributed by atoms with E-state index in [-0.39, 0.29) is 0 Å². The molecule has 0 heterocycles. The fraction of sp³-hybridized carbons (Fsp3) is 0.538. The molecule has 16 heavy (non-hydrogen) atoms. The van der Waals surface area contributed by atoms with Gasteiger partial charge in [0.15, 0.2) is 0 Å². The molecule has 0 amide bonds. The summed E-state index contributed by atoms with van der Waals surface area (Å²) in [6.45, 7) is 3.23. The number of hydrogen-bond donors (Lipinski definition) is 1. The van der Waals surface area contributed by atoms with Gasteiger partial charge in [0.25, 0.3) is 0 Å². The number of hydrogen-bond acceptors (Lipinski definition) is 3. The molecule has 1 rings (SSSR count). The van der Waals surface area contributed by atoms with E-state index in [9.17, 15) is 0 Å². The van der Waals surface area contributed by atoms with Crippen molar-refractivity contribution >= 4 is 11.8 Å². The maximum absolute atomic E-state index is 5.35. The van der Waals surface area contributed by atoms with Crippen molar-refractivity contribution in [1.29, 1.82) is 0 Å². The average Bonchev–Trinajstić information content (AvgIpc) is 2.34. The Morgan fingerprint density at radius 3 is 2.81 bits per heavy atom. The zero-order chi connectivity index (χ0) is 11.8. The molecule has 1 aromatic rings. The lowest BCUT2D eigenvalue weighted by atomic mass is 10.1. The first-order valence-electron chi connectivity index (χ1n) is 5.64. The van der Waals surface area contributed by atoms with Crippen molar-refractivity contribution in [2.45, 2.75) is 19.4 Å². The second kappa shape index (κ2) is 7.58. The summed E-state index contributed by atoms with van der Waals surface area (Å²) in [7, 11) is 1.72. The van der Waals surface area contributed by atoms with Crippen LogP contribution in [0.25, 0.3) is 0 Å². The van der Waals surface area contributed by atoms with Gasteiger partial charge in [-0.25, -0.2) is 0 Å². The third-order valence-corrected chi connectivity index (χ3v) is 3.28. The van der Waals surface area contributed by atoms with Gasteiger partial charge in [-0.2, -0.15) is 11.8 Å². The molecule has 1 aromatic carbocycles. The van der Waals surface area contributed by atoms with Crippen molar-refractivity contribution in [3.63, 3.8) is 0 Å². The van der Waals surface area contributed by atoms with Crippen molar-refractivity contribution in [2.24, 2.45) is 0 Å². The third-order valence-electron chi connectivity index (χ3n) is 2.58. The van der Waals surface area contributed by atoms with E-state index in [0.29, 0.717) is 6.04 Å². The minimum atomic E-state index is 0.345. The molecule has 3 heteroatoms. The quantitative estimate of drug-likeness (QED) is 0.739. The molecule has 0 unspecified atom stereocenters. The van der Waals surface area contributed by atoms with Gasteiger partial charge in [0.1, 0.15) is 5.75 Å². The van der Waals surface area contributed by atoms with E-state index in [1.165, 1.54) is 17.7 Å². The number of methoxy groups -OCH3 is 1. The van der Waals surface area contributed by atoms with E-state index in [4.69, 9.17) is 4.74 Å². The van der Waals surface area contributed by atoms with E-state index in [1.807, 2.05) is 23.9 Å². The zero-order valence-electron chi connectivity index (χ0n) is 10.3. The van der Waals surface area contributed by atoms with E-state index in [2.05, 4.69) is 30.6 Å². The van der Waals surface area contributed by atoms with Crippen molar-refractivity contribution in [3.8, 4) is 5.75 Å². The number of para-hydroxylation sites is 1. The fourth-order valence-corrected chi connectivity index (χ4v) is 2.10. The van der Waals surface area contributed by atoms with E-state index < -0.39 is 0 Å². The Bertz CT molecular complexity index is 304. The van der Waals surface area contributed by atoms with E-state index >= 15 is 0 Å². The Kier molecular flexibility index (Phi) is 6.34. The Hall–Kier alpha value is -0.670. The maximum atomic E-state index is 5.35. The summed E-state index contributed by atoms with van der Waals surface area (Å²) in [6.07, 6.45) is 3.35. The number of nitrogens with one attached hydrogen (secondary N) is 1. The van der Waals surface area contributed by atoms with Gasteiger partial charge in [0.05, 0.1) is 7.11 Å². The summed E-state index contributed by atoms with van der Waals surface area (Å²) < 4.78 is 5.35. The van der Waals surface area contributed by atoms with Crippen LogP contribution in [0.2, 0.25) is 0 Å². The highest BCUT2D eigenvalue weighted by atomic mass is 32.2. The molecule has 0 aromatic heterocycles. The summed E-state index contributed by atoms with van der Waals surface area (Å²) in [5, 5.41) is 3.52. The molecule has 0 fully saturated rings. The molecule has 0 aliphatic heterocycles. The van der Waals surface area contributed by atoms with Gasteiger partial charge >= 0.3 is 0 Å². The lowest BCUT2D eigenvalue weighted by Gasteiger charge is -2.17. The van der Waals surface area contributed by atoms with Crippen molar-refractivity contribution < 1.29 is 4.74 Å². The van der Waals surface area contributed by atoms with Crippen LogP contribution in [0, 0.1) is 0 Å². The normalized spacial score (nSPS) is 12.4. The van der Waals surface area contributed by atoms with Crippen molar-refractivity contribution in [2.75, 3.05) is 25.7 Å². The Morgan fingerprint density at radius 1 is 1.38 bits per heavy atom. The molecular formula is C13H21NOS. The van der Waals surface area contributed by atoms with Gasteiger partial charge in [-0.05, 0) is 38.0 Å². The molecule has 0 saturated carbocycles. The minimum Gasteiger partial charge on any atom is -0.496 e. The number of rotatable bonds is 7. The Morgan fingerprint density at radius 2 is 2.12 bits per heavy atom. The third kappa shape index (κ3) is 4.06. The first kappa shape index (κ1) is 13.4. The molecule has 0 radical (unpaired) electrons. The molecule has 0 spiro atoms. The first-order chi connectivity index (χ1) is 7.79. The van der Waals surface area contributed by atoms with Crippen LogP contribution in [0.1, 0.15) is 24.9 Å².